The van der Waals surface area contributed by atoms with Crippen molar-refractivity contribution in [3.05, 3.63) is 35.5 Å². The van der Waals surface area contributed by atoms with Gasteiger partial charge in [-0.15, -0.1) is 0 Å². The summed E-state index contributed by atoms with van der Waals surface area (Å²) in [5, 5.41) is 15.9. The largest absolute Gasteiger partial charge is 0.483 e. The predicted octanol–water partition coefficient (Wildman–Crippen LogP) is 1.54. The van der Waals surface area contributed by atoms with Gasteiger partial charge in [0.2, 0.25) is 11.8 Å². The number of carboxylic acid groups (broad SMARTS) is 1. The van der Waals surface area contributed by atoms with Crippen LogP contribution in [0.25, 0.3) is 10.9 Å². The quantitative estimate of drug-likeness (QED) is 0.364. The molecule has 1 saturated carbocycles. The number of carbonyl (C=O) groups is 5. The van der Waals surface area contributed by atoms with Gasteiger partial charge in [0.15, 0.2) is 6.61 Å². The maximum Gasteiger partial charge on any atom is 0.407 e. The molecule has 0 radical (unpaired) electrons. The molecule has 3 saturated heterocycles. The van der Waals surface area contributed by atoms with E-state index < -0.39 is 24.1 Å². The van der Waals surface area contributed by atoms with E-state index in [1.807, 2.05) is 25.1 Å². The molecule has 3 aliphatic heterocycles. The summed E-state index contributed by atoms with van der Waals surface area (Å²) in [4.78, 5) is 74.0. The van der Waals surface area contributed by atoms with Gasteiger partial charge in [0.25, 0.3) is 11.8 Å². The Kier molecular flexibility index (Phi) is 9.76. The van der Waals surface area contributed by atoms with Crippen LogP contribution in [0, 0.1) is 12.8 Å². The van der Waals surface area contributed by atoms with E-state index in [-0.39, 0.29) is 68.2 Å². The van der Waals surface area contributed by atoms with Crippen LogP contribution in [0.1, 0.15) is 54.6 Å². The van der Waals surface area contributed by atoms with Gasteiger partial charge in [-0.05, 0) is 63.1 Å². The number of amides is 5. The number of carbonyl (C=O) groups excluding carboxylic acids is 4. The van der Waals surface area contributed by atoms with Crippen LogP contribution in [0.4, 0.5) is 4.79 Å². The number of aromatic nitrogens is 1. The zero-order valence-corrected chi connectivity index (χ0v) is 26.6. The van der Waals surface area contributed by atoms with Crippen LogP contribution in [0.3, 0.4) is 0 Å². The summed E-state index contributed by atoms with van der Waals surface area (Å²) < 4.78 is 11.6. The van der Waals surface area contributed by atoms with Gasteiger partial charge in [0.1, 0.15) is 23.5 Å². The van der Waals surface area contributed by atoms with Crippen molar-refractivity contribution in [2.45, 2.75) is 63.6 Å². The number of pyridine rings is 1. The lowest BCUT2D eigenvalue weighted by molar-refractivity contribution is -0.140. The van der Waals surface area contributed by atoms with E-state index in [4.69, 9.17) is 9.47 Å². The Hall–Kier alpha value is -4.46. The first-order valence-electron chi connectivity index (χ1n) is 16.5. The van der Waals surface area contributed by atoms with Crippen LogP contribution in [0.15, 0.2) is 24.3 Å². The van der Waals surface area contributed by atoms with E-state index in [0.29, 0.717) is 49.3 Å². The highest BCUT2D eigenvalue weighted by Gasteiger charge is 2.38. The first-order valence-corrected chi connectivity index (χ1v) is 16.5. The van der Waals surface area contributed by atoms with Crippen LogP contribution >= 0.6 is 0 Å². The normalized spacial score (nSPS) is 22.1. The van der Waals surface area contributed by atoms with Crippen LogP contribution < -0.4 is 15.4 Å². The summed E-state index contributed by atoms with van der Waals surface area (Å²) in [7, 11) is 0. The van der Waals surface area contributed by atoms with Crippen LogP contribution in [0.2, 0.25) is 0 Å². The molecule has 0 bridgehead atoms. The monoisotopic (exact) mass is 650 g/mol. The molecule has 2 unspecified atom stereocenters. The van der Waals surface area contributed by atoms with Crippen LogP contribution in [-0.2, 0) is 19.1 Å². The standard InChI is InChI=1S/C33H42N6O8/c1-20-7-8-23-24(16-20)35-25(17-27(23)47-19-28(40)39-10-3-6-26(39)31(42)34-22-4-2-5-22)30(41)36-29(21-9-15-46-18-21)32(43)37-11-13-38(14-12-37)33(44)45/h7-8,16-17,21-22,26,29H,2-6,9-15,18-19H2,1H3,(H,34,42)(H,36,41)(H,44,45)/t21?,26-,29?/m0/s1. The highest BCUT2D eigenvalue weighted by Crippen LogP contribution is 2.28. The third-order valence-electron chi connectivity index (χ3n) is 9.69. The topological polar surface area (TPSA) is 171 Å². The Balaban J connectivity index is 1.18. The molecule has 3 N–H and O–H groups in total. The van der Waals surface area contributed by atoms with Gasteiger partial charge in [-0.3, -0.25) is 19.2 Å². The molecule has 3 atom stereocenters. The van der Waals surface area contributed by atoms with E-state index in [1.54, 1.807) is 9.80 Å². The third kappa shape index (κ3) is 7.27. The maximum absolute atomic E-state index is 13.8. The minimum Gasteiger partial charge on any atom is -0.483 e. The number of nitrogens with zero attached hydrogens (tertiary/aromatic N) is 4. The van der Waals surface area contributed by atoms with E-state index in [9.17, 15) is 29.1 Å². The molecular weight excluding hydrogens is 608 g/mol. The first-order chi connectivity index (χ1) is 22.7. The number of piperazine rings is 1. The predicted molar refractivity (Wildman–Crippen MR) is 169 cm³/mol. The highest BCUT2D eigenvalue weighted by molar-refractivity contribution is 5.99. The van der Waals surface area contributed by atoms with Gasteiger partial charge in [-0.1, -0.05) is 6.07 Å². The summed E-state index contributed by atoms with van der Waals surface area (Å²) in [5.41, 5.74) is 1.44. The Morgan fingerprint density at radius 1 is 1.00 bits per heavy atom. The molecule has 1 aliphatic carbocycles. The van der Waals surface area contributed by atoms with Crippen molar-refractivity contribution in [3.8, 4) is 5.75 Å². The number of hydrogen-bond acceptors (Lipinski definition) is 8. The summed E-state index contributed by atoms with van der Waals surface area (Å²) in [5.74, 6) is -1.26. The molecule has 1 aromatic carbocycles. The number of rotatable bonds is 9. The Morgan fingerprint density at radius 2 is 1.77 bits per heavy atom. The average Bonchev–Trinajstić information content (AvgIpc) is 3.76. The smallest absolute Gasteiger partial charge is 0.407 e. The van der Waals surface area contributed by atoms with Crippen molar-refractivity contribution in [1.29, 1.82) is 0 Å². The van der Waals surface area contributed by atoms with Gasteiger partial charge >= 0.3 is 6.09 Å². The van der Waals surface area contributed by atoms with Crippen molar-refractivity contribution in [1.82, 2.24) is 30.3 Å². The number of nitrogens with one attached hydrogen (secondary N) is 2. The number of hydrogen-bond donors (Lipinski definition) is 3. The van der Waals surface area contributed by atoms with E-state index >= 15 is 0 Å². The van der Waals surface area contributed by atoms with E-state index in [0.717, 1.165) is 31.2 Å². The zero-order valence-electron chi connectivity index (χ0n) is 26.6. The number of benzene rings is 1. The molecule has 47 heavy (non-hydrogen) atoms. The minimum absolute atomic E-state index is 0.0249. The fourth-order valence-corrected chi connectivity index (χ4v) is 6.68. The van der Waals surface area contributed by atoms with Crippen molar-refractivity contribution < 1.29 is 38.6 Å². The molecule has 14 heteroatoms. The Labute approximate surface area is 272 Å². The first kappa shape index (κ1) is 32.5. The van der Waals surface area contributed by atoms with Gasteiger partial charge in [-0.2, -0.15) is 0 Å². The lowest BCUT2D eigenvalue weighted by Gasteiger charge is -2.36. The zero-order chi connectivity index (χ0) is 33.1. The SMILES string of the molecule is Cc1ccc2c(OCC(=O)N3CCC[C@H]3C(=O)NC3CCC3)cc(C(=O)NC(C(=O)N3CCN(C(=O)O)CC3)C3CCOC3)nc2c1. The second-order valence-electron chi connectivity index (χ2n) is 12.9. The second kappa shape index (κ2) is 14.1. The fourth-order valence-electron chi connectivity index (χ4n) is 6.68. The number of ether oxygens (including phenoxy) is 2. The number of fused-ring (bicyclic) bond motifs is 1. The average molecular weight is 651 g/mol. The van der Waals surface area contributed by atoms with Crippen molar-refractivity contribution >= 4 is 40.6 Å². The summed E-state index contributed by atoms with van der Waals surface area (Å²) >= 11 is 0. The number of aryl methyl sites for hydroxylation is 1. The molecule has 252 valence electrons. The van der Waals surface area contributed by atoms with E-state index in [1.165, 1.54) is 11.0 Å². The van der Waals surface area contributed by atoms with E-state index in [2.05, 4.69) is 15.6 Å². The van der Waals surface area contributed by atoms with Crippen molar-refractivity contribution in [2.75, 3.05) is 52.5 Å². The minimum atomic E-state index is -1.03. The molecule has 1 aromatic heterocycles. The summed E-state index contributed by atoms with van der Waals surface area (Å²) in [6, 6.07) is 5.78. The maximum atomic E-state index is 13.8. The third-order valence-corrected chi connectivity index (χ3v) is 9.69. The molecule has 4 heterocycles. The molecule has 14 nitrogen and oxygen atoms in total. The molecule has 4 fully saturated rings. The lowest BCUT2D eigenvalue weighted by atomic mass is 9.93. The fraction of sp³-hybridized carbons (Fsp3) is 0.576. The molecule has 0 spiro atoms. The lowest BCUT2D eigenvalue weighted by Crippen LogP contribution is -2.57. The molecule has 6 rings (SSSR count). The summed E-state index contributed by atoms with van der Waals surface area (Å²) in [6.07, 6.45) is 3.93. The van der Waals surface area contributed by atoms with Gasteiger partial charge in [-0.25, -0.2) is 9.78 Å². The Bertz CT molecular complexity index is 1530. The van der Waals surface area contributed by atoms with Crippen LogP contribution in [0.5, 0.6) is 5.75 Å². The molecular formula is C33H42N6O8. The second-order valence-corrected chi connectivity index (χ2v) is 12.9. The van der Waals surface area contributed by atoms with Gasteiger partial charge < -0.3 is 39.9 Å². The van der Waals surface area contributed by atoms with Gasteiger partial charge in [0.05, 0.1) is 12.1 Å². The molecule has 4 aliphatic rings. The van der Waals surface area contributed by atoms with Crippen LogP contribution in [-0.4, -0.2) is 125 Å². The van der Waals surface area contributed by atoms with Crippen molar-refractivity contribution in [2.24, 2.45) is 5.92 Å². The molecule has 2 aromatic rings. The Morgan fingerprint density at radius 3 is 2.45 bits per heavy atom. The number of likely N-dealkylation sites (tertiary alicyclic amines) is 1. The molecule has 5 amide bonds. The van der Waals surface area contributed by atoms with Gasteiger partial charge in [0, 0.05) is 62.7 Å². The summed E-state index contributed by atoms with van der Waals surface area (Å²) in [6.45, 7) is 3.67. The van der Waals surface area contributed by atoms with Crippen molar-refractivity contribution in [3.63, 3.8) is 0 Å². The highest BCUT2D eigenvalue weighted by atomic mass is 16.5.